The molecule has 0 spiro atoms. The van der Waals surface area contributed by atoms with Crippen LogP contribution in [-0.2, 0) is 4.74 Å². The minimum absolute atomic E-state index is 0.217. The Hall–Kier alpha value is 0.360. The van der Waals surface area contributed by atoms with Gasteiger partial charge in [-0.25, -0.2) is 0 Å². The molecule has 1 aliphatic heterocycles. The maximum absolute atomic E-state index is 9.09. The number of hydrogen-bond acceptors (Lipinski definition) is 3. The highest BCUT2D eigenvalue weighted by Crippen LogP contribution is 2.08. The summed E-state index contributed by atoms with van der Waals surface area (Å²) in [4.78, 5) is 2.33. The van der Waals surface area contributed by atoms with E-state index in [2.05, 4.69) is 20.8 Å². The van der Waals surface area contributed by atoms with E-state index >= 15 is 0 Å². The van der Waals surface area contributed by atoms with Crippen molar-refractivity contribution in [3.05, 3.63) is 0 Å². The summed E-state index contributed by atoms with van der Waals surface area (Å²) in [7, 11) is 0. The van der Waals surface area contributed by atoms with E-state index in [-0.39, 0.29) is 12.6 Å². The van der Waals surface area contributed by atoms with Crippen molar-refractivity contribution in [3.8, 4) is 0 Å². The van der Waals surface area contributed by atoms with Crippen LogP contribution in [-0.4, -0.2) is 54.3 Å². The molecular weight excluding hydrogens is 234 g/mol. The van der Waals surface area contributed by atoms with Crippen molar-refractivity contribution >= 4 is 15.9 Å². The van der Waals surface area contributed by atoms with Gasteiger partial charge in [-0.05, 0) is 19.4 Å². The molecule has 1 N–H and O–H groups in total. The van der Waals surface area contributed by atoms with Crippen LogP contribution in [0.2, 0.25) is 0 Å². The SMILES string of the molecule is OCC1COCCN1CCCCBr. The first-order valence-electron chi connectivity index (χ1n) is 4.87. The van der Waals surface area contributed by atoms with Crippen LogP contribution in [0.15, 0.2) is 0 Å². The summed E-state index contributed by atoms with van der Waals surface area (Å²) < 4.78 is 5.30. The maximum atomic E-state index is 9.09. The van der Waals surface area contributed by atoms with Gasteiger partial charge in [0.15, 0.2) is 0 Å². The van der Waals surface area contributed by atoms with Crippen molar-refractivity contribution in [2.24, 2.45) is 0 Å². The number of rotatable bonds is 5. The fourth-order valence-corrected chi connectivity index (χ4v) is 1.96. The lowest BCUT2D eigenvalue weighted by Gasteiger charge is -2.34. The van der Waals surface area contributed by atoms with Gasteiger partial charge in [0.2, 0.25) is 0 Å². The molecule has 0 saturated carbocycles. The van der Waals surface area contributed by atoms with Crippen LogP contribution in [0.3, 0.4) is 0 Å². The number of morpholine rings is 1. The van der Waals surface area contributed by atoms with E-state index in [1.54, 1.807) is 0 Å². The Morgan fingerprint density at radius 2 is 2.31 bits per heavy atom. The van der Waals surface area contributed by atoms with Crippen LogP contribution in [0.4, 0.5) is 0 Å². The number of hydrogen-bond donors (Lipinski definition) is 1. The van der Waals surface area contributed by atoms with Crippen LogP contribution in [0, 0.1) is 0 Å². The van der Waals surface area contributed by atoms with Gasteiger partial charge in [-0.2, -0.15) is 0 Å². The highest BCUT2D eigenvalue weighted by atomic mass is 79.9. The Kier molecular flexibility index (Phi) is 5.95. The molecule has 0 amide bonds. The molecular formula is C9H18BrNO2. The van der Waals surface area contributed by atoms with Crippen LogP contribution < -0.4 is 0 Å². The lowest BCUT2D eigenvalue weighted by molar-refractivity contribution is -0.0276. The topological polar surface area (TPSA) is 32.7 Å². The fraction of sp³-hybridized carbons (Fsp3) is 1.00. The molecule has 13 heavy (non-hydrogen) atoms. The Morgan fingerprint density at radius 3 is 3.00 bits per heavy atom. The number of ether oxygens (including phenoxy) is 1. The van der Waals surface area contributed by atoms with Crippen LogP contribution >= 0.6 is 15.9 Å². The lowest BCUT2D eigenvalue weighted by Crippen LogP contribution is -2.47. The van der Waals surface area contributed by atoms with Gasteiger partial charge in [0.25, 0.3) is 0 Å². The second kappa shape index (κ2) is 6.76. The van der Waals surface area contributed by atoms with Crippen molar-refractivity contribution in [2.75, 3.05) is 38.2 Å². The van der Waals surface area contributed by atoms with Gasteiger partial charge >= 0.3 is 0 Å². The summed E-state index contributed by atoms with van der Waals surface area (Å²) in [5.74, 6) is 0. The second-order valence-corrected chi connectivity index (χ2v) is 4.14. The van der Waals surface area contributed by atoms with Crippen molar-refractivity contribution in [3.63, 3.8) is 0 Å². The predicted octanol–water partition coefficient (Wildman–Crippen LogP) is 0.855. The number of unbranched alkanes of at least 4 members (excludes halogenated alkanes) is 1. The van der Waals surface area contributed by atoms with E-state index < -0.39 is 0 Å². The highest BCUT2D eigenvalue weighted by molar-refractivity contribution is 9.09. The number of alkyl halides is 1. The summed E-state index contributed by atoms with van der Waals surface area (Å²) in [5, 5.41) is 10.2. The minimum atomic E-state index is 0.217. The molecule has 1 atom stereocenters. The molecule has 0 aliphatic carbocycles. The number of aliphatic hydroxyl groups excluding tert-OH is 1. The van der Waals surface area contributed by atoms with E-state index in [1.807, 2.05) is 0 Å². The minimum Gasteiger partial charge on any atom is -0.395 e. The zero-order chi connectivity index (χ0) is 9.52. The van der Waals surface area contributed by atoms with Crippen LogP contribution in [0.1, 0.15) is 12.8 Å². The van der Waals surface area contributed by atoms with E-state index in [4.69, 9.17) is 9.84 Å². The molecule has 4 heteroatoms. The van der Waals surface area contributed by atoms with Gasteiger partial charge in [-0.15, -0.1) is 0 Å². The van der Waals surface area contributed by atoms with Crippen molar-refractivity contribution in [1.29, 1.82) is 0 Å². The average molecular weight is 252 g/mol. The zero-order valence-corrected chi connectivity index (χ0v) is 9.50. The maximum Gasteiger partial charge on any atom is 0.0644 e. The van der Waals surface area contributed by atoms with Gasteiger partial charge in [0.1, 0.15) is 0 Å². The molecule has 0 aromatic rings. The Balaban J connectivity index is 2.19. The fourth-order valence-electron chi connectivity index (χ4n) is 1.56. The molecule has 0 aromatic carbocycles. The zero-order valence-electron chi connectivity index (χ0n) is 7.91. The molecule has 0 radical (unpaired) electrons. The van der Waals surface area contributed by atoms with Crippen LogP contribution in [0.25, 0.3) is 0 Å². The van der Waals surface area contributed by atoms with E-state index in [0.29, 0.717) is 6.61 Å². The van der Waals surface area contributed by atoms with E-state index in [1.165, 1.54) is 12.8 Å². The molecule has 0 aromatic heterocycles. The second-order valence-electron chi connectivity index (χ2n) is 3.34. The van der Waals surface area contributed by atoms with Gasteiger partial charge in [-0.3, -0.25) is 4.90 Å². The van der Waals surface area contributed by atoms with Crippen molar-refractivity contribution in [1.82, 2.24) is 4.90 Å². The number of nitrogens with zero attached hydrogens (tertiary/aromatic N) is 1. The molecule has 0 bridgehead atoms. The summed E-state index contributed by atoms with van der Waals surface area (Å²) in [6.45, 7) is 3.76. The normalized spacial score (nSPS) is 24.9. The average Bonchev–Trinajstić information content (AvgIpc) is 2.19. The van der Waals surface area contributed by atoms with E-state index in [0.717, 1.165) is 25.0 Å². The van der Waals surface area contributed by atoms with Gasteiger partial charge in [0, 0.05) is 11.9 Å². The Bertz CT molecular complexity index is 135. The molecule has 1 heterocycles. The Labute approximate surface area is 88.2 Å². The van der Waals surface area contributed by atoms with Crippen molar-refractivity contribution < 1.29 is 9.84 Å². The highest BCUT2D eigenvalue weighted by Gasteiger charge is 2.21. The van der Waals surface area contributed by atoms with Gasteiger partial charge < -0.3 is 9.84 Å². The summed E-state index contributed by atoms with van der Waals surface area (Å²) >= 11 is 3.41. The van der Waals surface area contributed by atoms with Crippen LogP contribution in [0.5, 0.6) is 0 Å². The summed E-state index contributed by atoms with van der Waals surface area (Å²) in [5.41, 5.74) is 0. The monoisotopic (exact) mass is 251 g/mol. The first kappa shape index (κ1) is 11.4. The standard InChI is InChI=1S/C9H18BrNO2/c10-3-1-2-4-11-5-6-13-8-9(11)7-12/h9,12H,1-8H2. The van der Waals surface area contributed by atoms with Gasteiger partial charge in [0.05, 0.1) is 25.9 Å². The smallest absolute Gasteiger partial charge is 0.0644 e. The largest absolute Gasteiger partial charge is 0.395 e. The lowest BCUT2D eigenvalue weighted by atomic mass is 10.2. The third kappa shape index (κ3) is 3.94. The molecule has 3 nitrogen and oxygen atoms in total. The third-order valence-corrected chi connectivity index (χ3v) is 2.95. The summed E-state index contributed by atoms with van der Waals surface area (Å²) in [6, 6.07) is 0.226. The first-order chi connectivity index (χ1) is 6.38. The third-order valence-electron chi connectivity index (χ3n) is 2.39. The molecule has 1 aliphatic rings. The molecule has 1 fully saturated rings. The molecule has 78 valence electrons. The Morgan fingerprint density at radius 1 is 1.46 bits per heavy atom. The van der Waals surface area contributed by atoms with Gasteiger partial charge in [-0.1, -0.05) is 15.9 Å². The quantitative estimate of drug-likeness (QED) is 0.581. The van der Waals surface area contributed by atoms with E-state index in [9.17, 15) is 0 Å². The number of halogens is 1. The predicted molar refractivity (Wildman–Crippen MR) is 56.3 cm³/mol. The molecule has 1 unspecified atom stereocenters. The molecule has 1 rings (SSSR count). The molecule has 1 saturated heterocycles. The van der Waals surface area contributed by atoms with Crippen molar-refractivity contribution in [2.45, 2.75) is 18.9 Å². The first-order valence-corrected chi connectivity index (χ1v) is 5.99. The number of aliphatic hydroxyl groups is 1. The summed E-state index contributed by atoms with van der Waals surface area (Å²) in [6.07, 6.45) is 2.40.